The van der Waals surface area contributed by atoms with Crippen molar-refractivity contribution in [1.82, 2.24) is 4.90 Å². The molecule has 2 amide bonds. The Labute approximate surface area is 227 Å². The molecule has 0 saturated carbocycles. The Hall–Kier alpha value is -4.39. The first-order chi connectivity index (χ1) is 18.7. The Bertz CT molecular complexity index is 1490. The molecule has 0 spiro atoms. The smallest absolute Gasteiger partial charge is 0.291 e. The van der Waals surface area contributed by atoms with E-state index in [1.165, 1.54) is 23.8 Å². The third kappa shape index (κ3) is 5.87. The minimum Gasteiger partial charge on any atom is -0.486 e. The second-order valence-corrected chi connectivity index (χ2v) is 10.7. The lowest BCUT2D eigenvalue weighted by Gasteiger charge is -2.41. The highest BCUT2D eigenvalue weighted by Gasteiger charge is 2.37. The molecule has 7 heteroatoms. The first kappa shape index (κ1) is 26.2. The highest BCUT2D eigenvalue weighted by atomic mass is 19.1. The molecule has 3 aromatic carbocycles. The molecule has 1 aromatic heterocycles. The molecule has 0 bridgehead atoms. The van der Waals surface area contributed by atoms with Gasteiger partial charge in [0.2, 0.25) is 5.91 Å². The van der Waals surface area contributed by atoms with Crippen LogP contribution in [-0.4, -0.2) is 23.3 Å². The first-order valence-electron chi connectivity index (χ1n) is 13.0. The Balaban J connectivity index is 1.34. The zero-order chi connectivity index (χ0) is 27.6. The van der Waals surface area contributed by atoms with E-state index >= 15 is 0 Å². The molecule has 0 radical (unpaired) electrons. The Kier molecular flexibility index (Phi) is 7.24. The monoisotopic (exact) mass is 526 g/mol. The SMILES string of the molecule is CC(C)(C)C(=O)N1CCc2ccc(OCc3ccc(C(=O)Nc4cccc(F)c4)o3)cc2C1c1ccccc1. The molecule has 39 heavy (non-hydrogen) atoms. The van der Waals surface area contributed by atoms with Crippen molar-refractivity contribution in [3.8, 4) is 5.75 Å². The van der Waals surface area contributed by atoms with Crippen LogP contribution >= 0.6 is 0 Å². The minimum atomic E-state index is -0.503. The number of carbonyl (C=O) groups is 2. The average molecular weight is 527 g/mol. The van der Waals surface area contributed by atoms with Crippen LogP contribution in [0.25, 0.3) is 0 Å². The van der Waals surface area contributed by atoms with Crippen molar-refractivity contribution < 1.29 is 23.1 Å². The number of anilines is 1. The van der Waals surface area contributed by atoms with E-state index < -0.39 is 17.1 Å². The van der Waals surface area contributed by atoms with Gasteiger partial charge < -0.3 is 19.4 Å². The predicted octanol–water partition coefficient (Wildman–Crippen LogP) is 6.77. The number of benzene rings is 3. The van der Waals surface area contributed by atoms with E-state index in [-0.39, 0.29) is 24.3 Å². The number of furan rings is 1. The molecule has 0 aliphatic carbocycles. The van der Waals surface area contributed by atoms with Gasteiger partial charge in [-0.25, -0.2) is 4.39 Å². The summed E-state index contributed by atoms with van der Waals surface area (Å²) in [5.41, 5.74) is 3.11. The lowest BCUT2D eigenvalue weighted by atomic mass is 9.85. The molecule has 4 aromatic rings. The third-order valence-corrected chi connectivity index (χ3v) is 6.71. The summed E-state index contributed by atoms with van der Waals surface area (Å²) in [6.07, 6.45) is 0.767. The standard InChI is InChI=1S/C32H31FN2O4/c1-32(2,3)31(37)35-17-16-21-12-13-25(19-27(21)29(35)22-8-5-4-6-9-22)38-20-26-14-15-28(39-26)30(36)34-24-11-7-10-23(33)18-24/h4-15,18-19,29H,16-17,20H2,1-3H3,(H,34,36). The average Bonchev–Trinajstić information content (AvgIpc) is 3.40. The molecule has 1 unspecified atom stereocenters. The van der Waals surface area contributed by atoms with Crippen molar-refractivity contribution in [2.45, 2.75) is 39.8 Å². The molecule has 200 valence electrons. The molecule has 0 fully saturated rings. The molecule has 1 aliphatic rings. The van der Waals surface area contributed by atoms with Gasteiger partial charge >= 0.3 is 0 Å². The highest BCUT2D eigenvalue weighted by Crippen LogP contribution is 2.39. The molecule has 1 N–H and O–H groups in total. The highest BCUT2D eigenvalue weighted by molar-refractivity contribution is 6.02. The van der Waals surface area contributed by atoms with Crippen molar-refractivity contribution in [3.05, 3.63) is 119 Å². The van der Waals surface area contributed by atoms with E-state index in [4.69, 9.17) is 9.15 Å². The van der Waals surface area contributed by atoms with Gasteiger partial charge in [0.25, 0.3) is 5.91 Å². The van der Waals surface area contributed by atoms with Gasteiger partial charge in [-0.05, 0) is 65.6 Å². The number of hydrogen-bond acceptors (Lipinski definition) is 4. The van der Waals surface area contributed by atoms with Gasteiger partial charge in [-0.1, -0.05) is 63.2 Å². The van der Waals surface area contributed by atoms with Gasteiger partial charge in [-0.15, -0.1) is 0 Å². The summed E-state index contributed by atoms with van der Waals surface area (Å²) in [5, 5.41) is 2.62. The van der Waals surface area contributed by atoms with Crippen molar-refractivity contribution >= 4 is 17.5 Å². The van der Waals surface area contributed by atoms with Crippen LogP contribution in [-0.2, 0) is 17.8 Å². The molecule has 6 nitrogen and oxygen atoms in total. The van der Waals surface area contributed by atoms with E-state index in [9.17, 15) is 14.0 Å². The van der Waals surface area contributed by atoms with Crippen molar-refractivity contribution in [1.29, 1.82) is 0 Å². The molecule has 1 aliphatic heterocycles. The maximum Gasteiger partial charge on any atom is 0.291 e. The number of nitrogens with zero attached hydrogens (tertiary/aromatic N) is 1. The second-order valence-electron chi connectivity index (χ2n) is 10.7. The number of hydrogen-bond donors (Lipinski definition) is 1. The fraction of sp³-hybridized carbons (Fsp3) is 0.250. The van der Waals surface area contributed by atoms with E-state index in [1.807, 2.05) is 56.0 Å². The number of ether oxygens (including phenoxy) is 1. The van der Waals surface area contributed by atoms with E-state index in [1.54, 1.807) is 18.2 Å². The van der Waals surface area contributed by atoms with Crippen molar-refractivity contribution in [2.75, 3.05) is 11.9 Å². The summed E-state index contributed by atoms with van der Waals surface area (Å²) in [7, 11) is 0. The Morgan fingerprint density at radius 2 is 1.79 bits per heavy atom. The predicted molar refractivity (Wildman–Crippen MR) is 147 cm³/mol. The van der Waals surface area contributed by atoms with Gasteiger partial charge in [0.05, 0.1) is 6.04 Å². The van der Waals surface area contributed by atoms with Crippen molar-refractivity contribution in [3.63, 3.8) is 0 Å². The van der Waals surface area contributed by atoms with Crippen LogP contribution in [0.2, 0.25) is 0 Å². The first-order valence-corrected chi connectivity index (χ1v) is 13.0. The fourth-order valence-electron chi connectivity index (χ4n) is 4.82. The van der Waals surface area contributed by atoms with Gasteiger partial charge in [-0.3, -0.25) is 9.59 Å². The van der Waals surface area contributed by atoms with E-state index in [0.29, 0.717) is 23.7 Å². The van der Waals surface area contributed by atoms with Gasteiger partial charge in [0, 0.05) is 17.6 Å². The zero-order valence-electron chi connectivity index (χ0n) is 22.2. The molecule has 2 heterocycles. The Morgan fingerprint density at radius 3 is 2.54 bits per heavy atom. The van der Waals surface area contributed by atoms with Gasteiger partial charge in [-0.2, -0.15) is 0 Å². The molecule has 5 rings (SSSR count). The molecular weight excluding hydrogens is 495 g/mol. The van der Waals surface area contributed by atoms with Crippen molar-refractivity contribution in [2.24, 2.45) is 5.41 Å². The van der Waals surface area contributed by atoms with Crippen LogP contribution in [0.3, 0.4) is 0 Å². The number of amides is 2. The van der Waals surface area contributed by atoms with E-state index in [2.05, 4.69) is 23.5 Å². The van der Waals surface area contributed by atoms with Crippen LogP contribution in [0.5, 0.6) is 5.75 Å². The maximum atomic E-state index is 13.4. The number of rotatable bonds is 6. The lowest BCUT2D eigenvalue weighted by Crippen LogP contribution is -2.45. The van der Waals surface area contributed by atoms with Gasteiger partial charge in [0.1, 0.15) is 23.9 Å². The maximum absolute atomic E-state index is 13.4. The quantitative estimate of drug-likeness (QED) is 0.301. The van der Waals surface area contributed by atoms with Crippen LogP contribution < -0.4 is 10.1 Å². The molecule has 0 saturated heterocycles. The summed E-state index contributed by atoms with van der Waals surface area (Å²) in [6, 6.07) is 24.7. The molecule has 1 atom stereocenters. The number of carbonyl (C=O) groups excluding carboxylic acids is 2. The largest absolute Gasteiger partial charge is 0.486 e. The number of halogens is 1. The van der Waals surface area contributed by atoms with E-state index in [0.717, 1.165) is 17.5 Å². The normalized spacial score (nSPS) is 15.0. The third-order valence-electron chi connectivity index (χ3n) is 6.71. The van der Waals surface area contributed by atoms with Crippen LogP contribution in [0.15, 0.2) is 89.3 Å². The topological polar surface area (TPSA) is 71.8 Å². The van der Waals surface area contributed by atoms with Crippen LogP contribution in [0, 0.1) is 11.2 Å². The fourth-order valence-corrected chi connectivity index (χ4v) is 4.82. The summed E-state index contributed by atoms with van der Waals surface area (Å²) < 4.78 is 25.1. The summed E-state index contributed by atoms with van der Waals surface area (Å²) >= 11 is 0. The number of fused-ring (bicyclic) bond motifs is 1. The summed E-state index contributed by atoms with van der Waals surface area (Å²) in [5.74, 6) is 0.404. The number of nitrogens with one attached hydrogen (secondary N) is 1. The Morgan fingerprint density at radius 1 is 1.00 bits per heavy atom. The van der Waals surface area contributed by atoms with Crippen LogP contribution in [0.1, 0.15) is 59.8 Å². The summed E-state index contributed by atoms with van der Waals surface area (Å²) in [4.78, 5) is 27.9. The lowest BCUT2D eigenvalue weighted by molar-refractivity contribution is -0.141. The second kappa shape index (κ2) is 10.8. The summed E-state index contributed by atoms with van der Waals surface area (Å²) in [6.45, 7) is 6.61. The minimum absolute atomic E-state index is 0.101. The zero-order valence-corrected chi connectivity index (χ0v) is 22.2. The molecular formula is C32H31FN2O4. The van der Waals surface area contributed by atoms with Crippen LogP contribution in [0.4, 0.5) is 10.1 Å². The van der Waals surface area contributed by atoms with Gasteiger partial charge in [0.15, 0.2) is 5.76 Å².